The lowest BCUT2D eigenvalue weighted by Crippen LogP contribution is -2.21. The van der Waals surface area contributed by atoms with E-state index in [2.05, 4.69) is 36.4 Å². The summed E-state index contributed by atoms with van der Waals surface area (Å²) in [4.78, 5) is 0. The van der Waals surface area contributed by atoms with Gasteiger partial charge in [-0.05, 0) is 36.3 Å². The predicted molar refractivity (Wildman–Crippen MR) is 82.5 cm³/mol. The SMILES string of the molecule is N#CC1(c2ccc(C3CCCCC3)cc2)C=CC=CC1. The number of nitrogens with zero attached hydrogens (tertiary/aromatic N) is 1. The van der Waals surface area contributed by atoms with Gasteiger partial charge < -0.3 is 0 Å². The van der Waals surface area contributed by atoms with Crippen molar-refractivity contribution in [2.45, 2.75) is 49.9 Å². The average Bonchev–Trinajstić information content (AvgIpc) is 2.56. The number of hydrogen-bond donors (Lipinski definition) is 0. The molecule has 2 aliphatic carbocycles. The highest BCUT2D eigenvalue weighted by molar-refractivity contribution is 5.43. The highest BCUT2D eigenvalue weighted by atomic mass is 14.4. The first-order chi connectivity index (χ1) is 9.84. The monoisotopic (exact) mass is 263 g/mol. The molecule has 0 amide bonds. The summed E-state index contributed by atoms with van der Waals surface area (Å²) in [6.45, 7) is 0. The lowest BCUT2D eigenvalue weighted by molar-refractivity contribution is 0.443. The van der Waals surface area contributed by atoms with Gasteiger partial charge in [0.05, 0.1) is 6.07 Å². The van der Waals surface area contributed by atoms with Crippen molar-refractivity contribution in [3.05, 3.63) is 59.7 Å². The van der Waals surface area contributed by atoms with Crippen molar-refractivity contribution in [2.24, 2.45) is 0 Å². The Bertz CT molecular complexity index is 552. The van der Waals surface area contributed by atoms with Gasteiger partial charge in [0.1, 0.15) is 5.41 Å². The molecule has 1 heteroatoms. The molecule has 0 saturated heterocycles. The van der Waals surface area contributed by atoms with Crippen LogP contribution >= 0.6 is 0 Å². The van der Waals surface area contributed by atoms with E-state index >= 15 is 0 Å². The molecule has 0 aromatic heterocycles. The Morgan fingerprint density at radius 1 is 1.00 bits per heavy atom. The summed E-state index contributed by atoms with van der Waals surface area (Å²) in [6, 6.07) is 11.3. The minimum Gasteiger partial charge on any atom is -0.197 e. The Kier molecular flexibility index (Phi) is 3.74. The molecule has 20 heavy (non-hydrogen) atoms. The van der Waals surface area contributed by atoms with Gasteiger partial charge in [-0.2, -0.15) is 5.26 Å². The molecule has 1 nitrogen and oxygen atoms in total. The molecule has 1 atom stereocenters. The number of rotatable bonds is 2. The Labute approximate surface area is 121 Å². The Hall–Kier alpha value is -1.81. The van der Waals surface area contributed by atoms with E-state index in [1.54, 1.807) is 0 Å². The molecular formula is C19H21N. The maximum Gasteiger partial charge on any atom is 0.104 e. The van der Waals surface area contributed by atoms with Crippen LogP contribution in [0.25, 0.3) is 0 Å². The smallest absolute Gasteiger partial charge is 0.104 e. The van der Waals surface area contributed by atoms with Crippen molar-refractivity contribution in [1.82, 2.24) is 0 Å². The summed E-state index contributed by atoms with van der Waals surface area (Å²) in [5.41, 5.74) is 2.12. The van der Waals surface area contributed by atoms with Crippen molar-refractivity contribution in [1.29, 1.82) is 5.26 Å². The van der Waals surface area contributed by atoms with Crippen LogP contribution in [0.15, 0.2) is 48.6 Å². The molecule has 1 fully saturated rings. The summed E-state index contributed by atoms with van der Waals surface area (Å²) in [6.07, 6.45) is 15.7. The van der Waals surface area contributed by atoms with Gasteiger partial charge in [0.2, 0.25) is 0 Å². The van der Waals surface area contributed by atoms with E-state index in [9.17, 15) is 5.26 Å². The summed E-state index contributed by atoms with van der Waals surface area (Å²) < 4.78 is 0. The van der Waals surface area contributed by atoms with Crippen LogP contribution in [0.4, 0.5) is 0 Å². The fourth-order valence-corrected chi connectivity index (χ4v) is 3.47. The average molecular weight is 263 g/mol. The second-order valence-corrected chi connectivity index (χ2v) is 6.03. The van der Waals surface area contributed by atoms with Crippen LogP contribution in [0.2, 0.25) is 0 Å². The normalized spacial score (nSPS) is 26.4. The van der Waals surface area contributed by atoms with E-state index < -0.39 is 5.41 Å². The Morgan fingerprint density at radius 2 is 1.75 bits per heavy atom. The first-order valence-corrected chi connectivity index (χ1v) is 7.70. The number of nitriles is 1. The van der Waals surface area contributed by atoms with E-state index in [0.29, 0.717) is 0 Å². The second kappa shape index (κ2) is 5.67. The van der Waals surface area contributed by atoms with Crippen molar-refractivity contribution < 1.29 is 0 Å². The van der Waals surface area contributed by atoms with Crippen molar-refractivity contribution in [2.75, 3.05) is 0 Å². The van der Waals surface area contributed by atoms with Crippen molar-refractivity contribution in [3.8, 4) is 6.07 Å². The molecule has 0 bridgehead atoms. The minimum absolute atomic E-state index is 0.458. The molecule has 2 aliphatic rings. The fourth-order valence-electron chi connectivity index (χ4n) is 3.47. The van der Waals surface area contributed by atoms with Crippen LogP contribution in [0.3, 0.4) is 0 Å². The molecule has 0 radical (unpaired) electrons. The molecule has 1 aromatic rings. The number of benzene rings is 1. The minimum atomic E-state index is -0.458. The predicted octanol–water partition coefficient (Wildman–Crippen LogP) is 5.01. The first kappa shape index (κ1) is 13.2. The Balaban J connectivity index is 1.84. The maximum absolute atomic E-state index is 9.58. The fraction of sp³-hybridized carbons (Fsp3) is 0.421. The van der Waals surface area contributed by atoms with E-state index in [4.69, 9.17) is 0 Å². The second-order valence-electron chi connectivity index (χ2n) is 6.03. The zero-order valence-corrected chi connectivity index (χ0v) is 11.9. The van der Waals surface area contributed by atoms with Gasteiger partial charge in [-0.3, -0.25) is 0 Å². The maximum atomic E-state index is 9.58. The molecule has 3 rings (SSSR count). The molecule has 102 valence electrons. The van der Waals surface area contributed by atoms with Crippen molar-refractivity contribution in [3.63, 3.8) is 0 Å². The summed E-state index contributed by atoms with van der Waals surface area (Å²) in [7, 11) is 0. The van der Waals surface area contributed by atoms with Crippen LogP contribution in [-0.4, -0.2) is 0 Å². The standard InChI is InChI=1S/C19H21N/c20-15-19(13-5-2-6-14-19)18-11-9-17(10-12-18)16-7-3-1-4-8-16/h2,5-6,9-13,16H,1,3-4,7-8,14H2. The molecule has 1 aromatic carbocycles. The van der Waals surface area contributed by atoms with Crippen LogP contribution in [0.1, 0.15) is 55.6 Å². The lowest BCUT2D eigenvalue weighted by Gasteiger charge is -2.26. The van der Waals surface area contributed by atoms with E-state index in [0.717, 1.165) is 17.9 Å². The highest BCUT2D eigenvalue weighted by Crippen LogP contribution is 2.36. The first-order valence-electron chi connectivity index (χ1n) is 7.70. The van der Waals surface area contributed by atoms with Crippen LogP contribution in [-0.2, 0) is 5.41 Å². The van der Waals surface area contributed by atoms with Crippen LogP contribution in [0, 0.1) is 11.3 Å². The topological polar surface area (TPSA) is 23.8 Å². The van der Waals surface area contributed by atoms with Gasteiger partial charge in [0, 0.05) is 0 Å². The molecule has 0 spiro atoms. The molecule has 0 aliphatic heterocycles. The number of allylic oxidation sites excluding steroid dienone is 4. The quantitative estimate of drug-likeness (QED) is 0.735. The molecule has 0 N–H and O–H groups in total. The third-order valence-electron chi connectivity index (χ3n) is 4.77. The summed E-state index contributed by atoms with van der Waals surface area (Å²) in [5, 5.41) is 9.58. The van der Waals surface area contributed by atoms with Gasteiger partial charge in [-0.25, -0.2) is 0 Å². The van der Waals surface area contributed by atoms with Crippen LogP contribution < -0.4 is 0 Å². The third kappa shape index (κ3) is 2.43. The molecular weight excluding hydrogens is 242 g/mol. The summed E-state index contributed by atoms with van der Waals surface area (Å²) in [5.74, 6) is 0.734. The van der Waals surface area contributed by atoms with Gasteiger partial charge in [0.15, 0.2) is 0 Å². The van der Waals surface area contributed by atoms with E-state index in [1.165, 1.54) is 37.7 Å². The van der Waals surface area contributed by atoms with Gasteiger partial charge >= 0.3 is 0 Å². The number of hydrogen-bond acceptors (Lipinski definition) is 1. The summed E-state index contributed by atoms with van der Waals surface area (Å²) >= 11 is 0. The third-order valence-corrected chi connectivity index (χ3v) is 4.77. The molecule has 1 saturated carbocycles. The largest absolute Gasteiger partial charge is 0.197 e. The zero-order chi connectivity index (χ0) is 13.8. The van der Waals surface area contributed by atoms with Crippen molar-refractivity contribution >= 4 is 0 Å². The Morgan fingerprint density at radius 3 is 2.35 bits per heavy atom. The zero-order valence-electron chi connectivity index (χ0n) is 11.9. The molecule has 1 unspecified atom stereocenters. The van der Waals surface area contributed by atoms with Crippen LogP contribution in [0.5, 0.6) is 0 Å². The van der Waals surface area contributed by atoms with Gasteiger partial charge in [0.25, 0.3) is 0 Å². The van der Waals surface area contributed by atoms with Gasteiger partial charge in [-0.1, -0.05) is 67.8 Å². The van der Waals surface area contributed by atoms with E-state index in [1.807, 2.05) is 18.2 Å². The highest BCUT2D eigenvalue weighted by Gasteiger charge is 2.29. The van der Waals surface area contributed by atoms with E-state index in [-0.39, 0.29) is 0 Å². The van der Waals surface area contributed by atoms with Gasteiger partial charge in [-0.15, -0.1) is 0 Å². The lowest BCUT2D eigenvalue weighted by atomic mass is 9.76. The molecule has 0 heterocycles.